The van der Waals surface area contributed by atoms with Crippen molar-refractivity contribution in [3.05, 3.63) is 52.4 Å². The lowest BCUT2D eigenvalue weighted by molar-refractivity contribution is 0.346. The molecule has 0 aliphatic rings. The van der Waals surface area contributed by atoms with Crippen LogP contribution in [0.25, 0.3) is 6.08 Å². The summed E-state index contributed by atoms with van der Waals surface area (Å²) in [6.07, 6.45) is 3.78. The van der Waals surface area contributed by atoms with Crippen LogP contribution in [0.15, 0.2) is 36.4 Å². The number of hydrogen-bond donors (Lipinski definition) is 0. The van der Waals surface area contributed by atoms with E-state index in [4.69, 9.17) is 27.9 Å². The van der Waals surface area contributed by atoms with Gasteiger partial charge < -0.3 is 4.74 Å². The minimum atomic E-state index is 0.00133. The third-order valence-electron chi connectivity index (χ3n) is 2.02. The molecule has 0 amide bonds. The molecule has 92 valence electrons. The van der Waals surface area contributed by atoms with Gasteiger partial charge in [-0.15, -0.1) is 10.2 Å². The second kappa shape index (κ2) is 6.33. The Bertz CT molecular complexity index is 546. The van der Waals surface area contributed by atoms with Crippen molar-refractivity contribution in [1.29, 1.82) is 0 Å². The molecule has 4 nitrogen and oxygen atoms in total. The van der Waals surface area contributed by atoms with Crippen LogP contribution in [0.1, 0.15) is 5.56 Å². The van der Waals surface area contributed by atoms with Crippen molar-refractivity contribution in [2.24, 2.45) is 0 Å². The van der Waals surface area contributed by atoms with Gasteiger partial charge in [-0.25, -0.2) is 0 Å². The van der Waals surface area contributed by atoms with Crippen LogP contribution in [-0.2, 0) is 0 Å². The number of benzene rings is 1. The second-order valence-corrected chi connectivity index (χ2v) is 4.00. The van der Waals surface area contributed by atoms with Crippen LogP contribution in [0.5, 0.6) is 5.88 Å². The fraction of sp³-hybridized carbons (Fsp3) is 0.0833. The average molecular weight is 282 g/mol. The fourth-order valence-corrected chi connectivity index (χ4v) is 1.50. The minimum absolute atomic E-state index is 0.00133. The van der Waals surface area contributed by atoms with E-state index < -0.39 is 0 Å². The molecule has 2 aromatic rings. The minimum Gasteiger partial charge on any atom is -0.471 e. The molecule has 0 spiro atoms. The van der Waals surface area contributed by atoms with Gasteiger partial charge in [0, 0.05) is 0 Å². The number of rotatable bonds is 4. The summed E-state index contributed by atoms with van der Waals surface area (Å²) in [4.78, 5) is 3.82. The van der Waals surface area contributed by atoms with Gasteiger partial charge in [-0.1, -0.05) is 48.0 Å². The maximum absolute atomic E-state index is 5.75. The van der Waals surface area contributed by atoms with Crippen molar-refractivity contribution in [3.8, 4) is 5.88 Å². The molecule has 0 N–H and O–H groups in total. The predicted molar refractivity (Wildman–Crippen MR) is 70.8 cm³/mol. The Morgan fingerprint density at radius 1 is 1.11 bits per heavy atom. The summed E-state index contributed by atoms with van der Waals surface area (Å²) < 4.78 is 5.32. The molecular formula is C12H9Cl2N3O. The third kappa shape index (κ3) is 3.68. The summed E-state index contributed by atoms with van der Waals surface area (Å²) in [7, 11) is 0. The van der Waals surface area contributed by atoms with Crippen LogP contribution >= 0.6 is 23.2 Å². The van der Waals surface area contributed by atoms with Gasteiger partial charge >= 0.3 is 0 Å². The van der Waals surface area contributed by atoms with Gasteiger partial charge in [-0.2, -0.15) is 4.98 Å². The highest BCUT2D eigenvalue weighted by Crippen LogP contribution is 2.18. The van der Waals surface area contributed by atoms with Gasteiger partial charge in [0.05, 0.1) is 0 Å². The SMILES string of the molecule is Clc1nnc(Cl)c(OC/C=C/c2ccccc2)n1. The summed E-state index contributed by atoms with van der Waals surface area (Å²) >= 11 is 11.3. The van der Waals surface area contributed by atoms with E-state index in [-0.39, 0.29) is 16.3 Å². The number of halogens is 2. The lowest BCUT2D eigenvalue weighted by Gasteiger charge is -2.02. The quantitative estimate of drug-likeness (QED) is 0.863. The Kier molecular flexibility index (Phi) is 4.50. The molecule has 1 aromatic heterocycles. The third-order valence-corrected chi connectivity index (χ3v) is 2.41. The van der Waals surface area contributed by atoms with E-state index in [0.29, 0.717) is 6.61 Å². The van der Waals surface area contributed by atoms with Gasteiger partial charge in [-0.3, -0.25) is 0 Å². The van der Waals surface area contributed by atoms with E-state index in [9.17, 15) is 0 Å². The van der Waals surface area contributed by atoms with Gasteiger partial charge in [0.2, 0.25) is 10.4 Å². The van der Waals surface area contributed by atoms with Crippen molar-refractivity contribution in [2.75, 3.05) is 6.61 Å². The molecule has 18 heavy (non-hydrogen) atoms. The van der Waals surface area contributed by atoms with Gasteiger partial charge in [-0.05, 0) is 23.2 Å². The van der Waals surface area contributed by atoms with Crippen molar-refractivity contribution < 1.29 is 4.74 Å². The standard InChI is InChI=1S/C12H9Cl2N3O/c13-10-11(15-12(14)17-16-10)18-8-4-7-9-5-2-1-3-6-9/h1-7H,8H2/b7-4+. The second-order valence-electron chi connectivity index (χ2n) is 3.30. The van der Waals surface area contributed by atoms with E-state index >= 15 is 0 Å². The number of aromatic nitrogens is 3. The molecule has 0 fully saturated rings. The van der Waals surface area contributed by atoms with E-state index in [1.165, 1.54) is 0 Å². The molecule has 0 saturated carbocycles. The van der Waals surface area contributed by atoms with Crippen molar-refractivity contribution in [2.45, 2.75) is 0 Å². The van der Waals surface area contributed by atoms with Crippen LogP contribution in [0.3, 0.4) is 0 Å². The first kappa shape index (κ1) is 12.8. The Hall–Kier alpha value is -1.65. The zero-order valence-corrected chi connectivity index (χ0v) is 10.8. The molecule has 1 aromatic carbocycles. The van der Waals surface area contributed by atoms with Gasteiger partial charge in [0.15, 0.2) is 0 Å². The maximum Gasteiger partial charge on any atom is 0.257 e. The first-order valence-corrected chi connectivity index (χ1v) is 5.91. The van der Waals surface area contributed by atoms with Crippen LogP contribution in [0.2, 0.25) is 10.4 Å². The number of ether oxygens (including phenoxy) is 1. The smallest absolute Gasteiger partial charge is 0.257 e. The maximum atomic E-state index is 5.75. The molecule has 2 rings (SSSR count). The van der Waals surface area contributed by atoms with Crippen LogP contribution in [-0.4, -0.2) is 21.8 Å². The molecular weight excluding hydrogens is 273 g/mol. The highest BCUT2D eigenvalue weighted by atomic mass is 35.5. The normalized spacial score (nSPS) is 10.8. The molecule has 0 saturated heterocycles. The summed E-state index contributed by atoms with van der Waals surface area (Å²) in [5, 5.41) is 7.17. The van der Waals surface area contributed by atoms with Gasteiger partial charge in [0.1, 0.15) is 6.61 Å². The molecule has 0 bridgehead atoms. The van der Waals surface area contributed by atoms with E-state index in [1.807, 2.05) is 42.5 Å². The van der Waals surface area contributed by atoms with Crippen LogP contribution < -0.4 is 4.74 Å². The van der Waals surface area contributed by atoms with Crippen molar-refractivity contribution in [1.82, 2.24) is 15.2 Å². The van der Waals surface area contributed by atoms with Crippen LogP contribution in [0.4, 0.5) is 0 Å². The lowest BCUT2D eigenvalue weighted by atomic mass is 10.2. The lowest BCUT2D eigenvalue weighted by Crippen LogP contribution is -1.99. The predicted octanol–water partition coefficient (Wildman–Crippen LogP) is 3.27. The molecule has 0 unspecified atom stereocenters. The zero-order chi connectivity index (χ0) is 12.8. The van der Waals surface area contributed by atoms with E-state index in [1.54, 1.807) is 0 Å². The highest BCUT2D eigenvalue weighted by Gasteiger charge is 2.05. The van der Waals surface area contributed by atoms with E-state index in [0.717, 1.165) is 5.56 Å². The van der Waals surface area contributed by atoms with Crippen molar-refractivity contribution in [3.63, 3.8) is 0 Å². The first-order valence-electron chi connectivity index (χ1n) is 5.16. The topological polar surface area (TPSA) is 47.9 Å². The van der Waals surface area contributed by atoms with Crippen LogP contribution in [0, 0.1) is 0 Å². The summed E-state index contributed by atoms with van der Waals surface area (Å²) in [5.74, 6) is 0.175. The zero-order valence-electron chi connectivity index (χ0n) is 9.25. The Labute approximate surface area is 114 Å². The molecule has 0 atom stereocenters. The highest BCUT2D eigenvalue weighted by molar-refractivity contribution is 6.31. The average Bonchev–Trinajstić information content (AvgIpc) is 2.40. The molecule has 0 aliphatic carbocycles. The summed E-state index contributed by atoms with van der Waals surface area (Å²) in [5.41, 5.74) is 1.09. The number of nitrogens with zero attached hydrogens (tertiary/aromatic N) is 3. The first-order chi connectivity index (χ1) is 8.75. The monoisotopic (exact) mass is 281 g/mol. The fourth-order valence-electron chi connectivity index (χ4n) is 1.25. The Balaban J connectivity index is 1.92. The Morgan fingerprint density at radius 2 is 1.89 bits per heavy atom. The van der Waals surface area contributed by atoms with Gasteiger partial charge in [0.25, 0.3) is 5.88 Å². The Morgan fingerprint density at radius 3 is 2.67 bits per heavy atom. The number of hydrogen-bond acceptors (Lipinski definition) is 4. The van der Waals surface area contributed by atoms with E-state index in [2.05, 4.69) is 15.2 Å². The molecule has 0 radical (unpaired) electrons. The molecule has 0 aliphatic heterocycles. The summed E-state index contributed by atoms with van der Waals surface area (Å²) in [6.45, 7) is 0.323. The molecule has 1 heterocycles. The largest absolute Gasteiger partial charge is 0.471 e. The van der Waals surface area contributed by atoms with Crippen molar-refractivity contribution >= 4 is 29.3 Å². The summed E-state index contributed by atoms with van der Waals surface area (Å²) in [6, 6.07) is 9.87. The molecule has 6 heteroatoms.